The van der Waals surface area contributed by atoms with E-state index in [0.717, 1.165) is 0 Å². The summed E-state index contributed by atoms with van der Waals surface area (Å²) in [7, 11) is 0. The predicted octanol–water partition coefficient (Wildman–Crippen LogP) is 3.53. The van der Waals surface area contributed by atoms with Crippen LogP contribution >= 0.6 is 0 Å². The first-order valence-corrected chi connectivity index (χ1v) is 8.73. The quantitative estimate of drug-likeness (QED) is 0.503. The van der Waals surface area contributed by atoms with Crippen molar-refractivity contribution < 1.29 is 23.9 Å². The van der Waals surface area contributed by atoms with Gasteiger partial charge in [-0.1, -0.05) is 12.1 Å². The Morgan fingerprint density at radius 3 is 2.21 bits per heavy atom. The molecule has 0 spiro atoms. The van der Waals surface area contributed by atoms with E-state index < -0.39 is 23.4 Å². The summed E-state index contributed by atoms with van der Waals surface area (Å²) >= 11 is 0. The number of aliphatic imine (C=N–C) groups is 1. The van der Waals surface area contributed by atoms with Crippen molar-refractivity contribution in [1.82, 2.24) is 5.32 Å². The predicted molar refractivity (Wildman–Crippen MR) is 108 cm³/mol. The number of carbonyl (C=O) groups is 3. The molecule has 0 saturated heterocycles. The van der Waals surface area contributed by atoms with Crippen LogP contribution < -0.4 is 16.0 Å². The maximum Gasteiger partial charge on any atom is 0.435 e. The van der Waals surface area contributed by atoms with Gasteiger partial charge in [0.1, 0.15) is 11.2 Å². The molecule has 1 rings (SSSR count). The normalized spacial score (nSPS) is 11.6. The van der Waals surface area contributed by atoms with Crippen molar-refractivity contribution in [2.75, 3.05) is 17.2 Å². The molecule has 3 N–H and O–H groups in total. The van der Waals surface area contributed by atoms with Crippen LogP contribution in [0.1, 0.15) is 41.5 Å². The van der Waals surface area contributed by atoms with E-state index in [1.807, 2.05) is 0 Å². The van der Waals surface area contributed by atoms with Crippen molar-refractivity contribution in [3.8, 4) is 0 Å². The SMILES string of the molecule is CC(=O)Nc1ccccc1N/C=N/C(=O)OC(C)(C)CNC(=O)OC(C)(C)C. The average Bonchev–Trinajstić information content (AvgIpc) is 2.52. The van der Waals surface area contributed by atoms with Gasteiger partial charge in [0.15, 0.2) is 0 Å². The third kappa shape index (κ3) is 9.56. The van der Waals surface area contributed by atoms with Gasteiger partial charge in [-0.25, -0.2) is 9.59 Å². The fourth-order valence-electron chi connectivity index (χ4n) is 1.96. The highest BCUT2D eigenvalue weighted by Crippen LogP contribution is 2.20. The Balaban J connectivity index is 2.54. The van der Waals surface area contributed by atoms with Crippen molar-refractivity contribution in [3.63, 3.8) is 0 Å². The molecule has 9 nitrogen and oxygen atoms in total. The zero-order valence-corrected chi connectivity index (χ0v) is 17.1. The number of hydrogen-bond acceptors (Lipinski definition) is 5. The molecule has 1 aromatic carbocycles. The van der Waals surface area contributed by atoms with E-state index >= 15 is 0 Å². The van der Waals surface area contributed by atoms with Crippen molar-refractivity contribution in [3.05, 3.63) is 24.3 Å². The maximum absolute atomic E-state index is 11.9. The Hall–Kier alpha value is -3.10. The molecule has 28 heavy (non-hydrogen) atoms. The Morgan fingerprint density at radius 1 is 1.04 bits per heavy atom. The molecule has 0 atom stereocenters. The topological polar surface area (TPSA) is 118 Å². The van der Waals surface area contributed by atoms with Crippen LogP contribution in [0.15, 0.2) is 29.3 Å². The second-order valence-corrected chi connectivity index (χ2v) is 7.61. The fourth-order valence-corrected chi connectivity index (χ4v) is 1.96. The van der Waals surface area contributed by atoms with E-state index in [1.165, 1.54) is 13.3 Å². The van der Waals surface area contributed by atoms with Gasteiger partial charge in [-0.15, -0.1) is 0 Å². The number of ether oxygens (including phenoxy) is 2. The summed E-state index contributed by atoms with van der Waals surface area (Å²) in [6.45, 7) is 9.99. The van der Waals surface area contributed by atoms with E-state index in [0.29, 0.717) is 11.4 Å². The van der Waals surface area contributed by atoms with Gasteiger partial charge in [-0.2, -0.15) is 4.99 Å². The summed E-state index contributed by atoms with van der Waals surface area (Å²) in [5.74, 6) is -0.218. The first-order chi connectivity index (χ1) is 12.9. The molecule has 0 heterocycles. The molecule has 9 heteroatoms. The molecule has 3 amide bonds. The zero-order valence-electron chi connectivity index (χ0n) is 17.1. The fraction of sp³-hybridized carbons (Fsp3) is 0.474. The summed E-state index contributed by atoms with van der Waals surface area (Å²) in [5, 5.41) is 8.02. The van der Waals surface area contributed by atoms with Crippen LogP contribution in [0.5, 0.6) is 0 Å². The molecule has 0 radical (unpaired) electrons. The minimum Gasteiger partial charge on any atom is -0.444 e. The van der Waals surface area contributed by atoms with E-state index in [1.54, 1.807) is 58.9 Å². The Labute approximate surface area is 164 Å². The van der Waals surface area contributed by atoms with Gasteiger partial charge >= 0.3 is 12.2 Å². The number of nitrogens with zero attached hydrogens (tertiary/aromatic N) is 1. The molecular formula is C19H28N4O5. The standard InChI is InChI=1S/C19H28N4O5/c1-13(24)23-15-10-8-7-9-14(15)21-12-22-17(26)28-19(5,6)11-20-16(25)27-18(2,3)4/h7-10,12H,11H2,1-6H3,(H,20,25)(H,23,24)(H,21,22,26). The van der Waals surface area contributed by atoms with Crippen LogP contribution in [-0.4, -0.2) is 42.2 Å². The number of benzene rings is 1. The minimum absolute atomic E-state index is 0.0575. The highest BCUT2D eigenvalue weighted by Gasteiger charge is 2.25. The molecule has 154 valence electrons. The average molecular weight is 392 g/mol. The first kappa shape index (κ1) is 22.9. The number of alkyl carbamates (subject to hydrolysis) is 1. The molecule has 1 aromatic rings. The first-order valence-electron chi connectivity index (χ1n) is 8.73. The molecule has 0 aliphatic rings. The summed E-state index contributed by atoms with van der Waals surface area (Å²) in [6.07, 6.45) is -0.266. The van der Waals surface area contributed by atoms with E-state index in [-0.39, 0.29) is 12.5 Å². The smallest absolute Gasteiger partial charge is 0.435 e. The highest BCUT2D eigenvalue weighted by atomic mass is 16.6. The maximum atomic E-state index is 11.9. The van der Waals surface area contributed by atoms with Gasteiger partial charge in [0, 0.05) is 6.92 Å². The van der Waals surface area contributed by atoms with Crippen molar-refractivity contribution >= 4 is 35.8 Å². The number of nitrogens with one attached hydrogen (secondary N) is 3. The summed E-state index contributed by atoms with van der Waals surface area (Å²) in [6, 6.07) is 6.96. The van der Waals surface area contributed by atoms with Crippen molar-refractivity contribution in [2.45, 2.75) is 52.7 Å². The van der Waals surface area contributed by atoms with Gasteiger partial charge in [0.05, 0.1) is 24.3 Å². The minimum atomic E-state index is -0.987. The number of rotatable bonds is 6. The number of amides is 3. The van der Waals surface area contributed by atoms with E-state index in [4.69, 9.17) is 9.47 Å². The largest absolute Gasteiger partial charge is 0.444 e. The molecule has 0 unspecified atom stereocenters. The lowest BCUT2D eigenvalue weighted by Gasteiger charge is -2.25. The van der Waals surface area contributed by atoms with Crippen LogP contribution in [0, 0.1) is 0 Å². The third-order valence-corrected chi connectivity index (χ3v) is 3.05. The highest BCUT2D eigenvalue weighted by molar-refractivity contribution is 5.96. The molecule has 0 aliphatic heterocycles. The van der Waals surface area contributed by atoms with Gasteiger partial charge in [0.25, 0.3) is 0 Å². The summed E-state index contributed by atoms with van der Waals surface area (Å²) < 4.78 is 10.4. The molecule has 0 fully saturated rings. The number of para-hydroxylation sites is 2. The lowest BCUT2D eigenvalue weighted by Crippen LogP contribution is -2.43. The van der Waals surface area contributed by atoms with Crippen LogP contribution in [0.25, 0.3) is 0 Å². The molecule has 0 bridgehead atoms. The van der Waals surface area contributed by atoms with Crippen LogP contribution in [0.3, 0.4) is 0 Å². The van der Waals surface area contributed by atoms with Gasteiger partial charge < -0.3 is 25.4 Å². The monoisotopic (exact) mass is 392 g/mol. The van der Waals surface area contributed by atoms with Gasteiger partial charge in [-0.3, -0.25) is 4.79 Å². The van der Waals surface area contributed by atoms with Crippen molar-refractivity contribution in [2.24, 2.45) is 4.99 Å². The number of anilines is 2. The van der Waals surface area contributed by atoms with Gasteiger partial charge in [0.2, 0.25) is 5.91 Å². The number of carbonyl (C=O) groups excluding carboxylic acids is 3. The lowest BCUT2D eigenvalue weighted by molar-refractivity contribution is -0.114. The molecule has 0 aliphatic carbocycles. The molecule has 0 saturated carbocycles. The van der Waals surface area contributed by atoms with Crippen LogP contribution in [0.4, 0.5) is 21.0 Å². The van der Waals surface area contributed by atoms with Crippen LogP contribution in [-0.2, 0) is 14.3 Å². The molecule has 0 aromatic heterocycles. The number of hydrogen-bond donors (Lipinski definition) is 3. The van der Waals surface area contributed by atoms with Crippen LogP contribution in [0.2, 0.25) is 0 Å². The Kier molecular flexibility index (Phi) is 7.97. The molecular weight excluding hydrogens is 364 g/mol. The lowest BCUT2D eigenvalue weighted by atomic mass is 10.1. The summed E-state index contributed by atoms with van der Waals surface area (Å²) in [5.41, 5.74) is -0.481. The second-order valence-electron chi connectivity index (χ2n) is 7.61. The van der Waals surface area contributed by atoms with Crippen molar-refractivity contribution in [1.29, 1.82) is 0 Å². The Morgan fingerprint density at radius 2 is 1.64 bits per heavy atom. The Bertz CT molecular complexity index is 738. The van der Waals surface area contributed by atoms with E-state index in [9.17, 15) is 14.4 Å². The van der Waals surface area contributed by atoms with Gasteiger partial charge in [-0.05, 0) is 46.8 Å². The summed E-state index contributed by atoms with van der Waals surface area (Å²) in [4.78, 5) is 38.5. The third-order valence-electron chi connectivity index (χ3n) is 3.05. The second kappa shape index (κ2) is 9.72. The van der Waals surface area contributed by atoms with E-state index in [2.05, 4.69) is 20.9 Å². The zero-order chi connectivity index (χ0) is 21.4.